The van der Waals surface area contributed by atoms with Crippen molar-refractivity contribution in [3.8, 4) is 31.7 Å². The molecule has 5 aliphatic heterocycles. The second kappa shape index (κ2) is 34.5. The van der Waals surface area contributed by atoms with Crippen LogP contribution in [0.25, 0.3) is 62.4 Å². The average Bonchev–Trinajstić information content (AvgIpc) is 1.68. The number of nitrogens with two attached hydrogens (primary N) is 4. The van der Waals surface area contributed by atoms with Gasteiger partial charge < -0.3 is 57.3 Å². The molecule has 9 aromatic heterocycles. The highest BCUT2D eigenvalue weighted by atomic mass is 35.5. The fourth-order valence-electron chi connectivity index (χ4n) is 11.5. The molecule has 2 atom stereocenters. The van der Waals surface area contributed by atoms with E-state index in [1.807, 2.05) is 52.8 Å². The molecule has 31 heteroatoms. The molecule has 15 rings (SSSR count). The van der Waals surface area contributed by atoms with Gasteiger partial charge in [0.25, 0.3) is 10.1 Å². The van der Waals surface area contributed by atoms with Gasteiger partial charge in [0.15, 0.2) is 12.5 Å². The van der Waals surface area contributed by atoms with Gasteiger partial charge in [-0.3, -0.25) is 24.4 Å². The SMILES string of the molecule is Cc1ccc(S(=O)(=O)O)cc1.NCCN1CCOCC1.Nc1cc(Cl)c2sc(-c3ccnn3C3CCCCO3)cc2n1.Nc1cc(NCCN2CCOCC2)c2sc(-c3ccn[nH]3)cc2n1.Nc1cc(NCCN2CCOCC2)c2sc(-c3ccnn3C3CCCCO3)cc2n1. The van der Waals surface area contributed by atoms with E-state index >= 15 is 0 Å². The third-order valence-corrected chi connectivity index (χ3v) is 21.3. The van der Waals surface area contributed by atoms with Crippen molar-refractivity contribution in [2.24, 2.45) is 5.73 Å². The number of aromatic nitrogens is 9. The van der Waals surface area contributed by atoms with Crippen LogP contribution in [0, 0.1) is 6.92 Å². The lowest BCUT2D eigenvalue weighted by molar-refractivity contribution is -0.0384. The van der Waals surface area contributed by atoms with Gasteiger partial charge in [-0.15, -0.1) is 34.0 Å². The number of halogens is 1. The van der Waals surface area contributed by atoms with Crippen molar-refractivity contribution >= 4 is 115 Å². The summed E-state index contributed by atoms with van der Waals surface area (Å²) in [6, 6.07) is 23.7. The van der Waals surface area contributed by atoms with Crippen molar-refractivity contribution < 1.29 is 36.7 Å². The minimum Gasteiger partial charge on any atom is -0.384 e. The number of aromatic amines is 1. The molecule has 12 N–H and O–H groups in total. The van der Waals surface area contributed by atoms with Crippen LogP contribution in [0.1, 0.15) is 56.5 Å². The molecule has 10 aromatic rings. The number of hydrogen-bond donors (Lipinski definition) is 8. The first kappa shape index (κ1) is 70.3. The molecular weight excluding hydrogens is 1320 g/mol. The van der Waals surface area contributed by atoms with E-state index in [0.29, 0.717) is 22.5 Å². The zero-order chi connectivity index (χ0) is 66.8. The third kappa shape index (κ3) is 19.2. The number of pyridine rings is 3. The average molecular weight is 1410 g/mol. The molecule has 5 saturated heterocycles. The largest absolute Gasteiger partial charge is 0.384 e. The predicted octanol–water partition coefficient (Wildman–Crippen LogP) is 9.81. The summed E-state index contributed by atoms with van der Waals surface area (Å²) in [5.74, 6) is 1.50. The Morgan fingerprint density at radius 2 is 1.02 bits per heavy atom. The van der Waals surface area contributed by atoms with Crippen LogP contribution in [0.15, 0.2) is 102 Å². The minimum absolute atomic E-state index is 0.0115. The lowest BCUT2D eigenvalue weighted by Gasteiger charge is -2.26. The third-order valence-electron chi connectivity index (χ3n) is 16.5. The highest BCUT2D eigenvalue weighted by molar-refractivity contribution is 7.85. The van der Waals surface area contributed by atoms with Gasteiger partial charge in [0, 0.05) is 129 Å². The van der Waals surface area contributed by atoms with E-state index in [9.17, 15) is 8.42 Å². The van der Waals surface area contributed by atoms with Crippen LogP contribution >= 0.6 is 45.6 Å². The molecule has 0 aliphatic carbocycles. The van der Waals surface area contributed by atoms with E-state index in [1.165, 1.54) is 25.0 Å². The molecular formula is C65H85ClN18O8S4. The van der Waals surface area contributed by atoms with Gasteiger partial charge in [-0.25, -0.2) is 24.3 Å². The minimum atomic E-state index is -4.02. The normalized spacial score (nSPS) is 18.1. The van der Waals surface area contributed by atoms with E-state index in [4.69, 9.17) is 62.8 Å². The Morgan fingerprint density at radius 3 is 1.47 bits per heavy atom. The molecule has 26 nitrogen and oxygen atoms in total. The number of ether oxygens (including phenoxy) is 5. The Balaban J connectivity index is 0.000000129. The van der Waals surface area contributed by atoms with Crippen LogP contribution in [0.3, 0.4) is 0 Å². The Hall–Kier alpha value is -6.98. The number of hydrogen-bond acceptors (Lipinski definition) is 25. The fourth-order valence-corrected chi connectivity index (χ4v) is 15.5. The van der Waals surface area contributed by atoms with Crippen LogP contribution in [0.4, 0.5) is 28.8 Å². The van der Waals surface area contributed by atoms with Crippen LogP contribution in [0.2, 0.25) is 5.02 Å². The molecule has 0 bridgehead atoms. The molecule has 1 aromatic carbocycles. The molecule has 5 aliphatic rings. The summed E-state index contributed by atoms with van der Waals surface area (Å²) in [7, 11) is -4.02. The fraction of sp³-hybridized carbons (Fsp3) is 0.446. The summed E-state index contributed by atoms with van der Waals surface area (Å²) in [5, 5.41) is 23.7. The Labute approximate surface area is 575 Å². The maximum atomic E-state index is 10.5. The van der Waals surface area contributed by atoms with Crippen molar-refractivity contribution in [3.05, 3.63) is 108 Å². The summed E-state index contributed by atoms with van der Waals surface area (Å²) < 4.78 is 64.5. The van der Waals surface area contributed by atoms with E-state index < -0.39 is 10.1 Å². The van der Waals surface area contributed by atoms with Crippen molar-refractivity contribution in [1.29, 1.82) is 0 Å². The number of nitrogens with zero attached hydrogens (tertiary/aromatic N) is 11. The monoisotopic (exact) mass is 1410 g/mol. The number of H-pyrrole nitrogens is 1. The van der Waals surface area contributed by atoms with E-state index in [-0.39, 0.29) is 17.4 Å². The summed E-state index contributed by atoms with van der Waals surface area (Å²) in [5.41, 5.74) is 32.0. The Kier molecular flexibility index (Phi) is 25.3. The lowest BCUT2D eigenvalue weighted by atomic mass is 10.2. The zero-order valence-corrected chi connectivity index (χ0v) is 57.8. The van der Waals surface area contributed by atoms with Gasteiger partial charge in [-0.05, 0) is 94.0 Å². The van der Waals surface area contributed by atoms with E-state index in [0.717, 1.165) is 236 Å². The molecule has 96 heavy (non-hydrogen) atoms. The second-order valence-corrected chi connectivity index (χ2v) is 28.4. The summed E-state index contributed by atoms with van der Waals surface area (Å²) in [6.07, 6.45) is 12.0. The maximum Gasteiger partial charge on any atom is 0.294 e. The standard InChI is InChI=1S/C21H28N6O2S.C16H20N6OS.C15H15ClN4OS.C7H8O3S.C6H14N2O/c22-19-14-15(23-6-7-26-8-11-28-12-9-26)21-16(25-19)13-18(30-21)17-4-5-24-27(17)20-3-1-2-10-29-20;17-15-10-12(18-3-4-22-5-7-23-8-6-22)16-13(20-15)9-14(24-16)11-1-2-19-21-11;16-9-7-13(17)19-10-8-12(22-15(9)10)11-4-5-18-20(11)14-3-1-2-6-21-14;1-6-2-4-7(5-3-6)11(8,9)10;7-1-2-8-3-5-9-6-4-8/h4-5,13-14,20H,1-3,6-12H2,(H3,22,23,25);1-2,9-10H,3-8H2,(H,19,21)(H3,17,18,20);4-5,7-8,14H,1-3,6H2,(H2,17,19);2-5H,1H3,(H,8,9,10);1-7H2. The lowest BCUT2D eigenvalue weighted by Crippen LogP contribution is -2.39. The molecule has 0 spiro atoms. The summed E-state index contributed by atoms with van der Waals surface area (Å²) in [4.78, 5) is 23.8. The number of benzene rings is 1. The Morgan fingerprint density at radius 1 is 0.573 bits per heavy atom. The van der Waals surface area contributed by atoms with Crippen molar-refractivity contribution in [3.63, 3.8) is 0 Å². The van der Waals surface area contributed by atoms with Gasteiger partial charge in [-0.2, -0.15) is 23.7 Å². The number of morpholine rings is 3. The van der Waals surface area contributed by atoms with Crippen LogP contribution in [0.5, 0.6) is 0 Å². The van der Waals surface area contributed by atoms with Crippen molar-refractivity contribution in [2.45, 2.75) is 62.8 Å². The summed E-state index contributed by atoms with van der Waals surface area (Å²) in [6.45, 7) is 20.0. The predicted molar refractivity (Wildman–Crippen MR) is 384 cm³/mol. The number of rotatable bonds is 16. The van der Waals surface area contributed by atoms with E-state index in [1.54, 1.807) is 64.6 Å². The molecule has 514 valence electrons. The van der Waals surface area contributed by atoms with Gasteiger partial charge in [-0.1, -0.05) is 29.3 Å². The molecule has 2 unspecified atom stereocenters. The molecule has 0 saturated carbocycles. The molecule has 0 radical (unpaired) electrons. The second-order valence-electron chi connectivity index (χ2n) is 23.4. The van der Waals surface area contributed by atoms with Gasteiger partial charge >= 0.3 is 0 Å². The molecule has 14 heterocycles. The van der Waals surface area contributed by atoms with E-state index in [2.05, 4.69) is 78.9 Å². The highest BCUT2D eigenvalue weighted by Gasteiger charge is 2.24. The first-order valence-corrected chi connectivity index (χ1v) is 36.7. The molecule has 5 fully saturated rings. The van der Waals surface area contributed by atoms with Gasteiger partial charge in [0.1, 0.15) is 17.5 Å². The number of aryl methyl sites for hydroxylation is 1. The first-order valence-electron chi connectivity index (χ1n) is 32.4. The first-order chi connectivity index (χ1) is 46.7. The Bertz CT molecular complexity index is 4150. The van der Waals surface area contributed by atoms with Crippen molar-refractivity contribution in [1.82, 2.24) is 59.4 Å². The van der Waals surface area contributed by atoms with Crippen LogP contribution in [-0.4, -0.2) is 204 Å². The number of thiophene rings is 3. The number of fused-ring (bicyclic) bond motifs is 3. The zero-order valence-electron chi connectivity index (χ0n) is 53.8. The topological polar surface area (TPSA) is 341 Å². The number of anilines is 5. The quantitative estimate of drug-likeness (QED) is 0.0417. The van der Waals surface area contributed by atoms with Gasteiger partial charge in [0.2, 0.25) is 0 Å². The number of nitrogens with one attached hydrogen (secondary N) is 3. The van der Waals surface area contributed by atoms with Crippen LogP contribution < -0.4 is 33.6 Å². The van der Waals surface area contributed by atoms with Crippen molar-refractivity contribution in [2.75, 3.05) is 159 Å². The number of nitrogen functional groups attached to an aromatic ring is 3. The molecule has 0 amide bonds. The highest BCUT2D eigenvalue weighted by Crippen LogP contribution is 2.41. The van der Waals surface area contributed by atoms with Crippen LogP contribution in [-0.2, 0) is 33.8 Å². The maximum absolute atomic E-state index is 10.5. The van der Waals surface area contributed by atoms with Gasteiger partial charge in [0.05, 0.1) is 123 Å². The summed E-state index contributed by atoms with van der Waals surface area (Å²) >= 11 is 11.3. The smallest absolute Gasteiger partial charge is 0.294 e.